The minimum absolute atomic E-state index is 0.921. The van der Waals surface area contributed by atoms with E-state index in [9.17, 15) is 0 Å². The Morgan fingerprint density at radius 1 is 0.422 bits per heavy atom. The van der Waals surface area contributed by atoms with Crippen LogP contribution in [0.4, 0.5) is 0 Å². The van der Waals surface area contributed by atoms with Gasteiger partial charge in [-0.15, -0.1) is 11.3 Å². The number of fused-ring (bicyclic) bond motifs is 9. The van der Waals surface area contributed by atoms with Crippen LogP contribution in [0.2, 0.25) is 0 Å². The third-order valence-electron chi connectivity index (χ3n) is 9.20. The van der Waals surface area contributed by atoms with Gasteiger partial charge < -0.3 is 8.98 Å². The summed E-state index contributed by atoms with van der Waals surface area (Å²) in [5, 5.41) is 7.46. The zero-order valence-electron chi connectivity index (χ0n) is 24.2. The third kappa shape index (κ3) is 3.68. The van der Waals surface area contributed by atoms with Crippen molar-refractivity contribution in [3.63, 3.8) is 0 Å². The summed E-state index contributed by atoms with van der Waals surface area (Å²) in [6.45, 7) is 0. The number of thiophene rings is 1. The molecule has 7 aromatic carbocycles. The van der Waals surface area contributed by atoms with E-state index in [1.807, 2.05) is 23.5 Å². The van der Waals surface area contributed by atoms with Crippen LogP contribution in [0.5, 0.6) is 0 Å². The van der Waals surface area contributed by atoms with Crippen LogP contribution in [-0.2, 0) is 0 Å². The highest BCUT2D eigenvalue weighted by Crippen LogP contribution is 2.40. The van der Waals surface area contributed by atoms with E-state index in [2.05, 4.69) is 144 Å². The molecule has 3 heteroatoms. The molecule has 0 unspecified atom stereocenters. The molecule has 0 aliphatic heterocycles. The van der Waals surface area contributed by atoms with Crippen LogP contribution in [0.1, 0.15) is 0 Å². The maximum atomic E-state index is 6.38. The Balaban J connectivity index is 1.13. The first-order valence-corrected chi connectivity index (χ1v) is 16.1. The van der Waals surface area contributed by atoms with Crippen LogP contribution in [0.25, 0.3) is 91.9 Å². The monoisotopic (exact) mass is 591 g/mol. The lowest BCUT2D eigenvalue weighted by atomic mass is 9.97. The molecule has 0 saturated carbocycles. The second-order valence-corrected chi connectivity index (χ2v) is 12.8. The van der Waals surface area contributed by atoms with Gasteiger partial charge in [0, 0.05) is 53.0 Å². The van der Waals surface area contributed by atoms with Crippen LogP contribution < -0.4 is 0 Å². The van der Waals surface area contributed by atoms with Crippen molar-refractivity contribution in [1.29, 1.82) is 0 Å². The molecule has 2 nitrogen and oxygen atoms in total. The molecule has 0 aliphatic rings. The highest BCUT2D eigenvalue weighted by atomic mass is 32.1. The van der Waals surface area contributed by atoms with Gasteiger partial charge in [-0.2, -0.15) is 0 Å². The molecule has 0 amide bonds. The molecule has 0 N–H and O–H groups in total. The van der Waals surface area contributed by atoms with Gasteiger partial charge >= 0.3 is 0 Å². The Morgan fingerprint density at radius 2 is 1.13 bits per heavy atom. The molecular weight excluding hydrogens is 567 g/mol. The lowest BCUT2D eigenvalue weighted by molar-refractivity contribution is 0.670. The van der Waals surface area contributed by atoms with E-state index in [1.165, 1.54) is 58.8 Å². The summed E-state index contributed by atoms with van der Waals surface area (Å²) in [6, 6.07) is 54.8. The SMILES string of the molecule is c1cc(-c2ccc3c(c2)c2ccccc2n3-c2ccc3c(c2)sc2ccccc23)cc(-c2cccc3c2oc2ccccc23)c1. The Bertz CT molecular complexity index is 2770. The Labute approximate surface area is 263 Å². The van der Waals surface area contributed by atoms with Crippen molar-refractivity contribution in [3.8, 4) is 27.9 Å². The van der Waals surface area contributed by atoms with Crippen molar-refractivity contribution < 1.29 is 4.42 Å². The predicted molar refractivity (Wildman–Crippen MR) is 192 cm³/mol. The average molecular weight is 592 g/mol. The molecule has 0 aliphatic carbocycles. The Hall–Kier alpha value is -5.64. The van der Waals surface area contributed by atoms with Crippen molar-refractivity contribution in [2.75, 3.05) is 0 Å². The summed E-state index contributed by atoms with van der Waals surface area (Å²) in [5.41, 5.74) is 10.1. The molecule has 210 valence electrons. The number of aromatic nitrogens is 1. The van der Waals surface area contributed by atoms with Crippen LogP contribution in [0.3, 0.4) is 0 Å². The molecule has 3 heterocycles. The van der Waals surface area contributed by atoms with Crippen molar-refractivity contribution in [2.24, 2.45) is 0 Å². The van der Waals surface area contributed by atoms with Crippen LogP contribution in [0.15, 0.2) is 156 Å². The molecular formula is C42H25NOS. The summed E-state index contributed by atoms with van der Waals surface area (Å²) in [4.78, 5) is 0. The summed E-state index contributed by atoms with van der Waals surface area (Å²) < 4.78 is 11.4. The number of furan rings is 1. The maximum Gasteiger partial charge on any atom is 0.143 e. The molecule has 0 spiro atoms. The van der Waals surface area contributed by atoms with Gasteiger partial charge in [-0.25, -0.2) is 0 Å². The van der Waals surface area contributed by atoms with Gasteiger partial charge in [0.2, 0.25) is 0 Å². The van der Waals surface area contributed by atoms with E-state index in [0.29, 0.717) is 0 Å². The number of rotatable bonds is 3. The number of nitrogens with zero attached hydrogens (tertiary/aromatic N) is 1. The van der Waals surface area contributed by atoms with Crippen molar-refractivity contribution in [3.05, 3.63) is 152 Å². The van der Waals surface area contributed by atoms with Gasteiger partial charge in [-0.1, -0.05) is 103 Å². The summed E-state index contributed by atoms with van der Waals surface area (Å²) in [5.74, 6) is 0. The first kappa shape index (κ1) is 24.8. The van der Waals surface area contributed by atoms with E-state index in [4.69, 9.17) is 4.42 Å². The molecule has 0 atom stereocenters. The van der Waals surface area contributed by atoms with Gasteiger partial charge in [0.1, 0.15) is 11.2 Å². The van der Waals surface area contributed by atoms with Crippen molar-refractivity contribution in [2.45, 2.75) is 0 Å². The van der Waals surface area contributed by atoms with Gasteiger partial charge in [-0.3, -0.25) is 0 Å². The van der Waals surface area contributed by atoms with E-state index in [-0.39, 0.29) is 0 Å². The third-order valence-corrected chi connectivity index (χ3v) is 10.3. The first-order valence-electron chi connectivity index (χ1n) is 15.3. The van der Waals surface area contributed by atoms with Crippen LogP contribution in [0, 0.1) is 0 Å². The van der Waals surface area contributed by atoms with E-state index < -0.39 is 0 Å². The molecule has 45 heavy (non-hydrogen) atoms. The molecule has 3 aromatic heterocycles. The van der Waals surface area contributed by atoms with E-state index >= 15 is 0 Å². The zero-order chi connectivity index (χ0) is 29.5. The van der Waals surface area contributed by atoms with Gasteiger partial charge in [-0.05, 0) is 65.2 Å². The lowest BCUT2D eigenvalue weighted by Gasteiger charge is -2.10. The zero-order valence-corrected chi connectivity index (χ0v) is 25.0. The van der Waals surface area contributed by atoms with Crippen LogP contribution >= 0.6 is 11.3 Å². The fraction of sp³-hybridized carbons (Fsp3) is 0. The van der Waals surface area contributed by atoms with Gasteiger partial charge in [0.15, 0.2) is 0 Å². The Morgan fingerprint density at radius 3 is 2.09 bits per heavy atom. The average Bonchev–Trinajstić information content (AvgIpc) is 3.77. The summed E-state index contributed by atoms with van der Waals surface area (Å²) in [7, 11) is 0. The smallest absolute Gasteiger partial charge is 0.143 e. The quantitative estimate of drug-likeness (QED) is 0.200. The minimum atomic E-state index is 0.921. The molecule has 10 aromatic rings. The predicted octanol–water partition coefficient (Wildman–Crippen LogP) is 12.4. The fourth-order valence-corrected chi connectivity index (χ4v) is 8.26. The standard InChI is InChI=1S/C42H25NOS/c1-4-16-37-31(11-1)36-24-27(19-22-38(36)43(37)29-20-21-34-33-13-3-6-18-40(33)45-41(34)25-29)26-9-7-10-28(23-26)30-14-8-15-35-32-12-2-5-17-39(32)44-42(30)35/h1-25H. The number of benzene rings is 7. The number of para-hydroxylation sites is 3. The molecule has 0 fully saturated rings. The summed E-state index contributed by atoms with van der Waals surface area (Å²) >= 11 is 1.86. The lowest BCUT2D eigenvalue weighted by Crippen LogP contribution is -1.93. The van der Waals surface area contributed by atoms with Crippen LogP contribution in [-0.4, -0.2) is 4.57 Å². The summed E-state index contributed by atoms with van der Waals surface area (Å²) in [6.07, 6.45) is 0. The maximum absolute atomic E-state index is 6.38. The molecule has 10 rings (SSSR count). The fourth-order valence-electron chi connectivity index (χ4n) is 7.13. The largest absolute Gasteiger partial charge is 0.455 e. The normalized spacial score (nSPS) is 12.0. The molecule has 0 saturated heterocycles. The second-order valence-electron chi connectivity index (χ2n) is 11.7. The first-order chi connectivity index (χ1) is 22.3. The van der Waals surface area contributed by atoms with Gasteiger partial charge in [0.25, 0.3) is 0 Å². The number of hydrogen-bond acceptors (Lipinski definition) is 2. The second kappa shape index (κ2) is 9.43. The number of hydrogen-bond donors (Lipinski definition) is 0. The molecule has 0 radical (unpaired) electrons. The topological polar surface area (TPSA) is 18.1 Å². The van der Waals surface area contributed by atoms with E-state index in [1.54, 1.807) is 0 Å². The van der Waals surface area contributed by atoms with Crippen molar-refractivity contribution in [1.82, 2.24) is 4.57 Å². The van der Waals surface area contributed by atoms with Gasteiger partial charge in [0.05, 0.1) is 11.0 Å². The molecule has 0 bridgehead atoms. The minimum Gasteiger partial charge on any atom is -0.455 e. The highest BCUT2D eigenvalue weighted by molar-refractivity contribution is 7.25. The van der Waals surface area contributed by atoms with Crippen molar-refractivity contribution >= 4 is 75.3 Å². The Kier molecular flexibility index (Phi) is 5.19. The highest BCUT2D eigenvalue weighted by Gasteiger charge is 2.16. The van der Waals surface area contributed by atoms with E-state index in [0.717, 1.165) is 33.1 Å².